The zero-order chi connectivity index (χ0) is 17.9. The third kappa shape index (κ3) is 3.73. The van der Waals surface area contributed by atoms with Crippen molar-refractivity contribution in [2.24, 2.45) is 0 Å². The summed E-state index contributed by atoms with van der Waals surface area (Å²) in [6.07, 6.45) is 2.28. The van der Waals surface area contributed by atoms with E-state index in [0.29, 0.717) is 5.92 Å². The van der Waals surface area contributed by atoms with E-state index in [4.69, 9.17) is 17.2 Å². The van der Waals surface area contributed by atoms with Gasteiger partial charge < -0.3 is 15.2 Å². The number of thiocarbonyl (C=S) groups is 1. The third-order valence-electron chi connectivity index (χ3n) is 5.04. The van der Waals surface area contributed by atoms with Gasteiger partial charge in [0.15, 0.2) is 5.11 Å². The molecule has 1 saturated heterocycles. The van der Waals surface area contributed by atoms with E-state index in [0.717, 1.165) is 54.4 Å². The Hall–Kier alpha value is -2.40. The highest BCUT2D eigenvalue weighted by Gasteiger charge is 2.25. The van der Waals surface area contributed by atoms with Crippen LogP contribution in [0.4, 0.5) is 0 Å². The zero-order valence-corrected chi connectivity index (χ0v) is 15.9. The number of likely N-dealkylation sites (tertiary alicyclic amines) is 1. The largest absolute Gasteiger partial charge is 0.358 e. The summed E-state index contributed by atoms with van der Waals surface area (Å²) >= 11 is 5.64. The van der Waals surface area contributed by atoms with Gasteiger partial charge in [0, 0.05) is 25.6 Å². The van der Waals surface area contributed by atoms with Crippen LogP contribution in [0.3, 0.4) is 0 Å². The van der Waals surface area contributed by atoms with E-state index in [-0.39, 0.29) is 0 Å². The molecule has 0 aliphatic carbocycles. The fraction of sp³-hybridized carbons (Fsp3) is 0.333. The van der Waals surface area contributed by atoms with Crippen molar-refractivity contribution in [3.05, 3.63) is 65.5 Å². The van der Waals surface area contributed by atoms with Crippen LogP contribution in [0.2, 0.25) is 0 Å². The summed E-state index contributed by atoms with van der Waals surface area (Å²) in [5.74, 6) is 1.48. The summed E-state index contributed by atoms with van der Waals surface area (Å²) in [6, 6.07) is 16.8. The highest BCUT2D eigenvalue weighted by Crippen LogP contribution is 2.27. The van der Waals surface area contributed by atoms with Crippen molar-refractivity contribution < 1.29 is 0 Å². The fourth-order valence-electron chi connectivity index (χ4n) is 3.61. The average molecular weight is 365 g/mol. The molecule has 0 saturated carbocycles. The first-order valence-corrected chi connectivity index (χ1v) is 9.63. The van der Waals surface area contributed by atoms with Gasteiger partial charge in [-0.3, -0.25) is 0 Å². The molecule has 26 heavy (non-hydrogen) atoms. The Bertz CT molecular complexity index is 903. The summed E-state index contributed by atoms with van der Waals surface area (Å²) in [5.41, 5.74) is 4.68. The van der Waals surface area contributed by atoms with Gasteiger partial charge in [-0.2, -0.15) is 0 Å². The number of rotatable bonds is 3. The number of piperidine rings is 1. The van der Waals surface area contributed by atoms with Crippen LogP contribution in [0.1, 0.15) is 35.7 Å². The van der Waals surface area contributed by atoms with Crippen LogP contribution in [-0.2, 0) is 6.54 Å². The molecule has 1 aliphatic rings. The Kier molecular flexibility index (Phi) is 4.89. The van der Waals surface area contributed by atoms with Gasteiger partial charge in [-0.1, -0.05) is 36.4 Å². The first kappa shape index (κ1) is 17.0. The van der Waals surface area contributed by atoms with Crippen molar-refractivity contribution >= 4 is 28.4 Å². The van der Waals surface area contributed by atoms with Crippen LogP contribution >= 0.6 is 12.2 Å². The standard InChI is InChI=1S/C21H24N4S/c1-15-9-10-18-19(12-15)24-20(23-18)17-8-5-11-25(14-17)21(26)22-13-16-6-3-2-4-7-16/h2-4,6-7,9-10,12,17H,5,8,11,13-14H2,1H3,(H,22,26)(H,23,24)/t17-/m0/s1. The summed E-state index contributed by atoms with van der Waals surface area (Å²) in [7, 11) is 0. The van der Waals surface area contributed by atoms with Gasteiger partial charge in [0.1, 0.15) is 5.82 Å². The van der Waals surface area contributed by atoms with E-state index < -0.39 is 0 Å². The van der Waals surface area contributed by atoms with Crippen molar-refractivity contribution in [1.82, 2.24) is 20.2 Å². The van der Waals surface area contributed by atoms with Gasteiger partial charge in [-0.25, -0.2) is 4.98 Å². The molecule has 4 rings (SSSR count). The maximum Gasteiger partial charge on any atom is 0.169 e. The molecule has 1 aromatic heterocycles. The molecule has 134 valence electrons. The number of benzene rings is 2. The smallest absolute Gasteiger partial charge is 0.169 e. The van der Waals surface area contributed by atoms with Crippen LogP contribution < -0.4 is 5.32 Å². The molecule has 0 unspecified atom stereocenters. The molecule has 3 aromatic rings. The number of fused-ring (bicyclic) bond motifs is 1. The Morgan fingerprint density at radius 1 is 1.27 bits per heavy atom. The topological polar surface area (TPSA) is 44.0 Å². The molecule has 0 amide bonds. The van der Waals surface area contributed by atoms with E-state index >= 15 is 0 Å². The normalized spacial score (nSPS) is 17.4. The summed E-state index contributed by atoms with van der Waals surface area (Å²) < 4.78 is 0. The number of aryl methyl sites for hydroxylation is 1. The molecule has 0 bridgehead atoms. The van der Waals surface area contributed by atoms with Gasteiger partial charge in [0.25, 0.3) is 0 Å². The molecule has 1 atom stereocenters. The maximum atomic E-state index is 5.64. The molecule has 0 radical (unpaired) electrons. The number of aromatic nitrogens is 2. The van der Waals surface area contributed by atoms with E-state index in [1.165, 1.54) is 11.1 Å². The third-order valence-corrected chi connectivity index (χ3v) is 5.44. The first-order chi connectivity index (χ1) is 12.7. The zero-order valence-electron chi connectivity index (χ0n) is 15.0. The monoisotopic (exact) mass is 364 g/mol. The molecule has 0 spiro atoms. The second-order valence-corrected chi connectivity index (χ2v) is 7.46. The van der Waals surface area contributed by atoms with Crippen molar-refractivity contribution in [3.63, 3.8) is 0 Å². The molecule has 2 aromatic carbocycles. The molecular weight excluding hydrogens is 340 g/mol. The van der Waals surface area contributed by atoms with Gasteiger partial charge >= 0.3 is 0 Å². The fourth-order valence-corrected chi connectivity index (χ4v) is 3.84. The first-order valence-electron chi connectivity index (χ1n) is 9.22. The van der Waals surface area contributed by atoms with Gasteiger partial charge in [0.2, 0.25) is 0 Å². The Balaban J connectivity index is 1.42. The summed E-state index contributed by atoms with van der Waals surface area (Å²) in [4.78, 5) is 10.6. The summed E-state index contributed by atoms with van der Waals surface area (Å²) in [5, 5.41) is 4.24. The number of H-pyrrole nitrogens is 1. The SMILES string of the molecule is Cc1ccc2nc([C@H]3CCCN(C(=S)NCc4ccccc4)C3)[nH]c2c1. The van der Waals surface area contributed by atoms with Crippen LogP contribution in [-0.4, -0.2) is 33.1 Å². The number of hydrogen-bond donors (Lipinski definition) is 2. The van der Waals surface area contributed by atoms with Crippen LogP contribution in [0.5, 0.6) is 0 Å². The lowest BCUT2D eigenvalue weighted by Gasteiger charge is -2.33. The highest BCUT2D eigenvalue weighted by molar-refractivity contribution is 7.80. The number of nitrogens with one attached hydrogen (secondary N) is 2. The lowest BCUT2D eigenvalue weighted by Crippen LogP contribution is -2.44. The second-order valence-electron chi connectivity index (χ2n) is 7.07. The predicted molar refractivity (Wildman–Crippen MR) is 110 cm³/mol. The minimum atomic E-state index is 0.396. The van der Waals surface area contributed by atoms with Gasteiger partial charge in [0.05, 0.1) is 11.0 Å². The van der Waals surface area contributed by atoms with Crippen molar-refractivity contribution in [2.45, 2.75) is 32.2 Å². The molecule has 4 nitrogen and oxygen atoms in total. The van der Waals surface area contributed by atoms with Crippen LogP contribution in [0.25, 0.3) is 11.0 Å². The minimum Gasteiger partial charge on any atom is -0.358 e. The van der Waals surface area contributed by atoms with E-state index in [1.54, 1.807) is 0 Å². The molecule has 1 fully saturated rings. The Morgan fingerprint density at radius 3 is 2.96 bits per heavy atom. The quantitative estimate of drug-likeness (QED) is 0.686. The van der Waals surface area contributed by atoms with E-state index in [9.17, 15) is 0 Å². The lowest BCUT2D eigenvalue weighted by molar-refractivity contribution is 0.300. The lowest BCUT2D eigenvalue weighted by atomic mass is 9.98. The van der Waals surface area contributed by atoms with Crippen LogP contribution in [0, 0.1) is 6.92 Å². The van der Waals surface area contributed by atoms with Crippen LogP contribution in [0.15, 0.2) is 48.5 Å². The number of nitrogens with zero attached hydrogens (tertiary/aromatic N) is 2. The van der Waals surface area contributed by atoms with E-state index in [1.807, 2.05) is 6.07 Å². The molecule has 2 heterocycles. The highest BCUT2D eigenvalue weighted by atomic mass is 32.1. The second kappa shape index (κ2) is 7.46. The summed E-state index contributed by atoms with van der Waals surface area (Å²) in [6.45, 7) is 4.81. The average Bonchev–Trinajstić information content (AvgIpc) is 3.10. The predicted octanol–water partition coefficient (Wildman–Crippen LogP) is 4.13. The molecule has 5 heteroatoms. The molecule has 1 aliphatic heterocycles. The molecule has 2 N–H and O–H groups in total. The number of hydrogen-bond acceptors (Lipinski definition) is 2. The van der Waals surface area contributed by atoms with Gasteiger partial charge in [-0.05, 0) is 55.2 Å². The van der Waals surface area contributed by atoms with Crippen molar-refractivity contribution in [3.8, 4) is 0 Å². The minimum absolute atomic E-state index is 0.396. The molecular formula is C21H24N4S. The van der Waals surface area contributed by atoms with Gasteiger partial charge in [-0.15, -0.1) is 0 Å². The maximum absolute atomic E-state index is 5.64. The number of imidazole rings is 1. The Labute approximate surface area is 159 Å². The van der Waals surface area contributed by atoms with Crippen molar-refractivity contribution in [1.29, 1.82) is 0 Å². The number of aromatic amines is 1. The van der Waals surface area contributed by atoms with Crippen molar-refractivity contribution in [2.75, 3.05) is 13.1 Å². The Morgan fingerprint density at radius 2 is 2.12 bits per heavy atom. The van der Waals surface area contributed by atoms with E-state index in [2.05, 4.69) is 64.6 Å².